The molecule has 2 rings (SSSR count). The van der Waals surface area contributed by atoms with Crippen molar-refractivity contribution in [3.8, 4) is 0 Å². The van der Waals surface area contributed by atoms with Crippen LogP contribution in [-0.4, -0.2) is 39.0 Å². The zero-order valence-corrected chi connectivity index (χ0v) is 11.9. The highest BCUT2D eigenvalue weighted by Gasteiger charge is 2.29. The molecule has 1 heterocycles. The Bertz CT molecular complexity index is 508. The highest BCUT2D eigenvalue weighted by molar-refractivity contribution is 5.97. The molecule has 0 aliphatic heterocycles. The molecular formula is C15H20N2O3. The second kappa shape index (κ2) is 6.03. The first kappa shape index (κ1) is 14.5. The van der Waals surface area contributed by atoms with E-state index in [4.69, 9.17) is 5.11 Å². The standard InChI is InChI=1S/C15H20N2O3/c1-10(2)17(12-5-3-4-6-12)14(18)11-7-8-16-13(9-11)15(19)20/h7-10,12H,3-6H2,1-2H3,(H,19,20). The van der Waals surface area contributed by atoms with E-state index in [1.165, 1.54) is 12.3 Å². The predicted molar refractivity (Wildman–Crippen MR) is 74.8 cm³/mol. The van der Waals surface area contributed by atoms with Crippen LogP contribution in [0.2, 0.25) is 0 Å². The molecule has 1 aliphatic carbocycles. The third-order valence-corrected chi connectivity index (χ3v) is 3.73. The van der Waals surface area contributed by atoms with Gasteiger partial charge in [-0.05, 0) is 38.8 Å². The maximum atomic E-state index is 12.7. The topological polar surface area (TPSA) is 70.5 Å². The number of carbonyl (C=O) groups excluding carboxylic acids is 1. The second-order valence-corrected chi connectivity index (χ2v) is 5.48. The fraction of sp³-hybridized carbons (Fsp3) is 0.533. The molecule has 0 radical (unpaired) electrons. The minimum atomic E-state index is -1.11. The van der Waals surface area contributed by atoms with E-state index >= 15 is 0 Å². The van der Waals surface area contributed by atoms with Crippen LogP contribution in [0.4, 0.5) is 0 Å². The first-order valence-electron chi connectivity index (χ1n) is 7.02. The Balaban J connectivity index is 2.27. The highest BCUT2D eigenvalue weighted by atomic mass is 16.4. The smallest absolute Gasteiger partial charge is 0.354 e. The van der Waals surface area contributed by atoms with Crippen molar-refractivity contribution in [3.63, 3.8) is 0 Å². The fourth-order valence-electron chi connectivity index (χ4n) is 2.83. The number of nitrogens with zero attached hydrogens (tertiary/aromatic N) is 2. The molecule has 1 aliphatic rings. The molecule has 0 bridgehead atoms. The number of hydrogen-bond acceptors (Lipinski definition) is 3. The van der Waals surface area contributed by atoms with Crippen molar-refractivity contribution in [1.29, 1.82) is 0 Å². The van der Waals surface area contributed by atoms with Gasteiger partial charge in [-0.3, -0.25) is 4.79 Å². The molecular weight excluding hydrogens is 256 g/mol. The first-order chi connectivity index (χ1) is 9.50. The molecule has 5 heteroatoms. The Hall–Kier alpha value is -1.91. The number of amides is 1. The highest BCUT2D eigenvalue weighted by Crippen LogP contribution is 2.26. The summed E-state index contributed by atoms with van der Waals surface area (Å²) in [6, 6.07) is 3.31. The van der Waals surface area contributed by atoms with Gasteiger partial charge in [-0.25, -0.2) is 9.78 Å². The second-order valence-electron chi connectivity index (χ2n) is 5.48. The zero-order valence-electron chi connectivity index (χ0n) is 11.9. The summed E-state index contributed by atoms with van der Waals surface area (Å²) in [4.78, 5) is 29.2. The van der Waals surface area contributed by atoms with Crippen LogP contribution in [0, 0.1) is 0 Å². The summed E-state index contributed by atoms with van der Waals surface area (Å²) >= 11 is 0. The Morgan fingerprint density at radius 3 is 2.55 bits per heavy atom. The minimum absolute atomic E-state index is 0.0917. The molecule has 0 unspecified atom stereocenters. The molecule has 1 aromatic heterocycles. The average Bonchev–Trinajstić information content (AvgIpc) is 2.92. The van der Waals surface area contributed by atoms with Gasteiger partial charge in [-0.2, -0.15) is 0 Å². The van der Waals surface area contributed by atoms with E-state index in [-0.39, 0.29) is 23.7 Å². The van der Waals surface area contributed by atoms with Crippen LogP contribution in [0.3, 0.4) is 0 Å². The number of carboxylic acids is 1. The largest absolute Gasteiger partial charge is 0.477 e. The molecule has 0 aromatic carbocycles. The number of aromatic nitrogens is 1. The van der Waals surface area contributed by atoms with Crippen molar-refractivity contribution in [1.82, 2.24) is 9.88 Å². The van der Waals surface area contributed by atoms with Crippen LogP contribution in [0.25, 0.3) is 0 Å². The summed E-state index contributed by atoms with van der Waals surface area (Å²) in [6.45, 7) is 3.99. The molecule has 0 atom stereocenters. The van der Waals surface area contributed by atoms with Crippen LogP contribution in [0.5, 0.6) is 0 Å². The zero-order chi connectivity index (χ0) is 14.7. The lowest BCUT2D eigenvalue weighted by Crippen LogP contribution is -2.43. The summed E-state index contributed by atoms with van der Waals surface area (Å²) in [6.07, 6.45) is 5.74. The van der Waals surface area contributed by atoms with Gasteiger partial charge in [0.25, 0.3) is 5.91 Å². The number of pyridine rings is 1. The van der Waals surface area contributed by atoms with Gasteiger partial charge in [0, 0.05) is 23.8 Å². The molecule has 1 amide bonds. The van der Waals surface area contributed by atoms with Gasteiger partial charge in [-0.1, -0.05) is 12.8 Å². The van der Waals surface area contributed by atoms with Crippen LogP contribution in [0.15, 0.2) is 18.3 Å². The predicted octanol–water partition coefficient (Wildman–Crippen LogP) is 2.57. The first-order valence-corrected chi connectivity index (χ1v) is 7.02. The Kier molecular flexibility index (Phi) is 4.37. The third-order valence-electron chi connectivity index (χ3n) is 3.73. The van der Waals surface area contributed by atoms with Gasteiger partial charge >= 0.3 is 5.97 Å². The summed E-state index contributed by atoms with van der Waals surface area (Å²) in [5, 5.41) is 8.96. The summed E-state index contributed by atoms with van der Waals surface area (Å²) in [7, 11) is 0. The van der Waals surface area contributed by atoms with Crippen molar-refractivity contribution in [2.45, 2.75) is 51.6 Å². The van der Waals surface area contributed by atoms with Crippen LogP contribution >= 0.6 is 0 Å². The van der Waals surface area contributed by atoms with Crippen molar-refractivity contribution >= 4 is 11.9 Å². The minimum Gasteiger partial charge on any atom is -0.477 e. The van der Waals surface area contributed by atoms with Gasteiger partial charge < -0.3 is 10.0 Å². The molecule has 1 aromatic rings. The van der Waals surface area contributed by atoms with E-state index in [0.29, 0.717) is 5.56 Å². The molecule has 108 valence electrons. The maximum absolute atomic E-state index is 12.7. The molecule has 0 spiro atoms. The lowest BCUT2D eigenvalue weighted by atomic mass is 10.1. The number of carbonyl (C=O) groups is 2. The molecule has 1 fully saturated rings. The van der Waals surface area contributed by atoms with E-state index in [1.807, 2.05) is 18.7 Å². The van der Waals surface area contributed by atoms with Crippen molar-refractivity contribution in [2.75, 3.05) is 0 Å². The summed E-state index contributed by atoms with van der Waals surface area (Å²) in [5.74, 6) is -1.21. The number of rotatable bonds is 4. The maximum Gasteiger partial charge on any atom is 0.354 e. The summed E-state index contributed by atoms with van der Waals surface area (Å²) in [5.41, 5.74) is 0.309. The molecule has 20 heavy (non-hydrogen) atoms. The van der Waals surface area contributed by atoms with Gasteiger partial charge in [0.1, 0.15) is 5.69 Å². The summed E-state index contributed by atoms with van der Waals surface area (Å²) < 4.78 is 0. The van der Waals surface area contributed by atoms with Gasteiger partial charge in [-0.15, -0.1) is 0 Å². The van der Waals surface area contributed by atoms with E-state index in [1.54, 1.807) is 6.07 Å². The quantitative estimate of drug-likeness (QED) is 0.917. The Morgan fingerprint density at radius 2 is 2.00 bits per heavy atom. The van der Waals surface area contributed by atoms with E-state index in [0.717, 1.165) is 25.7 Å². The molecule has 1 saturated carbocycles. The van der Waals surface area contributed by atoms with E-state index in [9.17, 15) is 9.59 Å². The monoisotopic (exact) mass is 276 g/mol. The molecule has 5 nitrogen and oxygen atoms in total. The fourth-order valence-corrected chi connectivity index (χ4v) is 2.83. The van der Waals surface area contributed by atoms with E-state index < -0.39 is 5.97 Å². The van der Waals surface area contributed by atoms with E-state index in [2.05, 4.69) is 4.98 Å². The van der Waals surface area contributed by atoms with Crippen LogP contribution < -0.4 is 0 Å². The van der Waals surface area contributed by atoms with Gasteiger partial charge in [0.05, 0.1) is 0 Å². The van der Waals surface area contributed by atoms with Gasteiger partial charge in [0.15, 0.2) is 0 Å². The van der Waals surface area contributed by atoms with Crippen LogP contribution in [-0.2, 0) is 0 Å². The lowest BCUT2D eigenvalue weighted by Gasteiger charge is -2.33. The van der Waals surface area contributed by atoms with Crippen molar-refractivity contribution in [2.24, 2.45) is 0 Å². The molecule has 0 saturated heterocycles. The normalized spacial score (nSPS) is 15.6. The number of hydrogen-bond donors (Lipinski definition) is 1. The lowest BCUT2D eigenvalue weighted by molar-refractivity contribution is 0.0613. The number of carboxylic acid groups (broad SMARTS) is 1. The Morgan fingerprint density at radius 1 is 1.35 bits per heavy atom. The van der Waals surface area contributed by atoms with Gasteiger partial charge in [0.2, 0.25) is 0 Å². The Labute approximate surface area is 118 Å². The third kappa shape index (κ3) is 2.98. The molecule has 1 N–H and O–H groups in total. The van der Waals surface area contributed by atoms with Crippen molar-refractivity contribution in [3.05, 3.63) is 29.6 Å². The van der Waals surface area contributed by atoms with Crippen LogP contribution in [0.1, 0.15) is 60.4 Å². The average molecular weight is 276 g/mol. The SMILES string of the molecule is CC(C)N(C(=O)c1ccnc(C(=O)O)c1)C1CCCC1. The number of aromatic carboxylic acids is 1. The van der Waals surface area contributed by atoms with Crippen molar-refractivity contribution < 1.29 is 14.7 Å².